The van der Waals surface area contributed by atoms with E-state index in [0.717, 1.165) is 24.2 Å². The van der Waals surface area contributed by atoms with Crippen LogP contribution < -0.4 is 10.1 Å². The van der Waals surface area contributed by atoms with Crippen molar-refractivity contribution >= 4 is 5.78 Å². The van der Waals surface area contributed by atoms with E-state index in [-0.39, 0.29) is 11.9 Å². The van der Waals surface area contributed by atoms with E-state index in [0.29, 0.717) is 12.1 Å². The van der Waals surface area contributed by atoms with Gasteiger partial charge in [0.15, 0.2) is 5.78 Å². The Labute approximate surface area is 115 Å². The van der Waals surface area contributed by atoms with Gasteiger partial charge in [-0.25, -0.2) is 0 Å². The maximum absolute atomic E-state index is 12.2. The van der Waals surface area contributed by atoms with Gasteiger partial charge in [0.25, 0.3) is 0 Å². The number of likely N-dealkylation sites (N-methyl/N-ethyl adjacent to an activating group) is 1. The van der Waals surface area contributed by atoms with Crippen LogP contribution in [0.2, 0.25) is 0 Å². The molecule has 3 heteroatoms. The average Bonchev–Trinajstić information content (AvgIpc) is 2.88. The van der Waals surface area contributed by atoms with E-state index < -0.39 is 0 Å². The predicted molar refractivity (Wildman–Crippen MR) is 77.1 cm³/mol. The summed E-state index contributed by atoms with van der Waals surface area (Å²) in [6, 6.07) is 3.89. The van der Waals surface area contributed by atoms with Gasteiger partial charge in [0, 0.05) is 0 Å². The van der Waals surface area contributed by atoms with Gasteiger partial charge >= 0.3 is 0 Å². The Morgan fingerprint density at radius 2 is 2.00 bits per heavy atom. The molecule has 0 aromatic heterocycles. The minimum atomic E-state index is 0.0959. The molecular formula is C16H23NO2. The Hall–Kier alpha value is -1.35. The van der Waals surface area contributed by atoms with E-state index >= 15 is 0 Å². The summed E-state index contributed by atoms with van der Waals surface area (Å²) in [6.45, 7) is 4.45. The fraction of sp³-hybridized carbons (Fsp3) is 0.562. The van der Waals surface area contributed by atoms with Crippen molar-refractivity contribution in [2.45, 2.75) is 45.6 Å². The lowest BCUT2D eigenvalue weighted by atomic mass is 10.0. The molecule has 0 saturated heterocycles. The quantitative estimate of drug-likeness (QED) is 0.828. The zero-order valence-corrected chi connectivity index (χ0v) is 12.1. The first-order valence-electron chi connectivity index (χ1n) is 7.08. The molecule has 1 aromatic rings. The lowest BCUT2D eigenvalue weighted by molar-refractivity contribution is 0.0986. The Balaban J connectivity index is 2.30. The van der Waals surface area contributed by atoms with Crippen molar-refractivity contribution in [3.63, 3.8) is 0 Å². The second-order valence-electron chi connectivity index (χ2n) is 5.36. The smallest absolute Gasteiger partial charge is 0.180 e. The molecule has 0 aliphatic heterocycles. The molecule has 1 aromatic carbocycles. The number of Topliss-reactive ketones (excluding diaryl/α,β-unsaturated/α-hetero) is 1. The van der Waals surface area contributed by atoms with E-state index in [9.17, 15) is 4.79 Å². The van der Waals surface area contributed by atoms with Crippen LogP contribution in [0, 0.1) is 13.8 Å². The van der Waals surface area contributed by atoms with Crippen LogP contribution >= 0.6 is 0 Å². The largest absolute Gasteiger partial charge is 0.489 e. The molecule has 19 heavy (non-hydrogen) atoms. The van der Waals surface area contributed by atoms with Crippen molar-refractivity contribution in [1.82, 2.24) is 5.32 Å². The molecule has 3 nitrogen and oxygen atoms in total. The van der Waals surface area contributed by atoms with Crippen molar-refractivity contribution in [2.75, 3.05) is 13.6 Å². The number of carbonyl (C=O) groups is 1. The third-order valence-electron chi connectivity index (χ3n) is 3.90. The molecule has 104 valence electrons. The first-order chi connectivity index (χ1) is 9.13. The molecule has 1 N–H and O–H groups in total. The zero-order valence-electron chi connectivity index (χ0n) is 12.1. The fourth-order valence-corrected chi connectivity index (χ4v) is 2.59. The number of rotatable bonds is 5. The van der Waals surface area contributed by atoms with E-state index in [1.165, 1.54) is 18.4 Å². The monoisotopic (exact) mass is 261 g/mol. The lowest BCUT2D eigenvalue weighted by Crippen LogP contribution is -2.21. The summed E-state index contributed by atoms with van der Waals surface area (Å²) < 4.78 is 6.14. The molecule has 0 spiro atoms. The van der Waals surface area contributed by atoms with Gasteiger partial charge in [-0.2, -0.15) is 0 Å². The standard InChI is InChI=1S/C16H23NO2/c1-11-8-9-14(15(18)10-17-3)16(12(11)2)19-13-6-4-5-7-13/h8-9,13,17H,4-7,10H2,1-3H3. The van der Waals surface area contributed by atoms with Crippen LogP contribution in [0.25, 0.3) is 0 Å². The number of hydrogen-bond donors (Lipinski definition) is 1. The van der Waals surface area contributed by atoms with Crippen LogP contribution in [0.1, 0.15) is 47.2 Å². The summed E-state index contributed by atoms with van der Waals surface area (Å²) in [5.41, 5.74) is 2.98. The second-order valence-corrected chi connectivity index (χ2v) is 5.36. The van der Waals surface area contributed by atoms with Crippen LogP contribution in [-0.4, -0.2) is 25.5 Å². The van der Waals surface area contributed by atoms with Gasteiger partial charge in [-0.15, -0.1) is 0 Å². The van der Waals surface area contributed by atoms with Crippen molar-refractivity contribution in [3.05, 3.63) is 28.8 Å². The van der Waals surface area contributed by atoms with Gasteiger partial charge < -0.3 is 10.1 Å². The van der Waals surface area contributed by atoms with E-state index in [4.69, 9.17) is 4.74 Å². The Morgan fingerprint density at radius 1 is 1.32 bits per heavy atom. The van der Waals surface area contributed by atoms with Gasteiger partial charge in [0.1, 0.15) is 5.75 Å². The van der Waals surface area contributed by atoms with Crippen molar-refractivity contribution < 1.29 is 9.53 Å². The highest BCUT2D eigenvalue weighted by atomic mass is 16.5. The van der Waals surface area contributed by atoms with Gasteiger partial charge in [-0.3, -0.25) is 4.79 Å². The van der Waals surface area contributed by atoms with Crippen LogP contribution in [0.15, 0.2) is 12.1 Å². The Bertz CT molecular complexity index is 462. The third-order valence-corrected chi connectivity index (χ3v) is 3.90. The molecule has 1 fully saturated rings. The van der Waals surface area contributed by atoms with E-state index in [1.54, 1.807) is 7.05 Å². The molecule has 2 rings (SSSR count). The van der Waals surface area contributed by atoms with Crippen molar-refractivity contribution in [3.8, 4) is 5.75 Å². The number of hydrogen-bond acceptors (Lipinski definition) is 3. The Morgan fingerprint density at radius 3 is 2.63 bits per heavy atom. The van der Waals surface area contributed by atoms with E-state index in [2.05, 4.69) is 12.2 Å². The highest BCUT2D eigenvalue weighted by molar-refractivity contribution is 6.00. The summed E-state index contributed by atoms with van der Waals surface area (Å²) in [6.07, 6.45) is 4.95. The SMILES string of the molecule is CNCC(=O)c1ccc(C)c(C)c1OC1CCCC1. The maximum atomic E-state index is 12.2. The van der Waals surface area contributed by atoms with Gasteiger partial charge in [0.2, 0.25) is 0 Å². The molecule has 0 atom stereocenters. The summed E-state index contributed by atoms with van der Waals surface area (Å²) in [5, 5.41) is 2.92. The molecule has 0 radical (unpaired) electrons. The van der Waals surface area contributed by atoms with Crippen LogP contribution in [-0.2, 0) is 0 Å². The predicted octanol–water partition coefficient (Wildman–Crippen LogP) is 3.03. The molecule has 0 unspecified atom stereocenters. The molecule has 1 saturated carbocycles. The average molecular weight is 261 g/mol. The number of aryl methyl sites for hydroxylation is 1. The first kappa shape index (κ1) is 14.1. The molecule has 1 aliphatic carbocycles. The molecule has 0 heterocycles. The minimum absolute atomic E-state index is 0.0959. The number of ketones is 1. The van der Waals surface area contributed by atoms with E-state index in [1.807, 2.05) is 19.1 Å². The van der Waals surface area contributed by atoms with Crippen LogP contribution in [0.3, 0.4) is 0 Å². The van der Waals surface area contributed by atoms with Crippen molar-refractivity contribution in [1.29, 1.82) is 0 Å². The highest BCUT2D eigenvalue weighted by Crippen LogP contribution is 2.31. The third kappa shape index (κ3) is 3.16. The molecule has 1 aliphatic rings. The molecule has 0 amide bonds. The minimum Gasteiger partial charge on any atom is -0.489 e. The highest BCUT2D eigenvalue weighted by Gasteiger charge is 2.21. The van der Waals surface area contributed by atoms with Crippen LogP contribution in [0.4, 0.5) is 0 Å². The van der Waals surface area contributed by atoms with Crippen molar-refractivity contribution in [2.24, 2.45) is 0 Å². The second kappa shape index (κ2) is 6.20. The number of nitrogens with one attached hydrogen (secondary N) is 1. The van der Waals surface area contributed by atoms with Crippen LogP contribution in [0.5, 0.6) is 5.75 Å². The van der Waals surface area contributed by atoms with Gasteiger partial charge in [0.05, 0.1) is 18.2 Å². The summed E-state index contributed by atoms with van der Waals surface area (Å²) in [4.78, 5) is 12.2. The topological polar surface area (TPSA) is 38.3 Å². The lowest BCUT2D eigenvalue weighted by Gasteiger charge is -2.19. The number of carbonyl (C=O) groups excluding carboxylic acids is 1. The fourth-order valence-electron chi connectivity index (χ4n) is 2.59. The molecule has 0 bridgehead atoms. The van der Waals surface area contributed by atoms with Gasteiger partial charge in [-0.1, -0.05) is 6.07 Å². The Kier molecular flexibility index (Phi) is 4.59. The van der Waals surface area contributed by atoms with Gasteiger partial charge in [-0.05, 0) is 63.8 Å². The zero-order chi connectivity index (χ0) is 13.8. The summed E-state index contributed by atoms with van der Waals surface area (Å²) >= 11 is 0. The number of benzene rings is 1. The normalized spacial score (nSPS) is 15.7. The number of ether oxygens (including phenoxy) is 1. The maximum Gasteiger partial charge on any atom is 0.180 e. The summed E-state index contributed by atoms with van der Waals surface area (Å²) in [7, 11) is 1.79. The summed E-state index contributed by atoms with van der Waals surface area (Å²) in [5.74, 6) is 0.894. The molecular weight excluding hydrogens is 238 g/mol. The first-order valence-corrected chi connectivity index (χ1v) is 7.08.